The number of H-pyrrole nitrogens is 1. The van der Waals surface area contributed by atoms with Gasteiger partial charge in [0.1, 0.15) is 11.3 Å². The number of nitrogens with one attached hydrogen (secondary N) is 1. The summed E-state index contributed by atoms with van der Waals surface area (Å²) in [7, 11) is 0. The number of hydrogen-bond donors (Lipinski definition) is 1. The number of esters is 2. The molecular weight excluding hydrogens is 258 g/mol. The van der Waals surface area contributed by atoms with Gasteiger partial charge in [0.05, 0.1) is 12.0 Å². The van der Waals surface area contributed by atoms with E-state index >= 15 is 0 Å². The van der Waals surface area contributed by atoms with E-state index in [1.807, 2.05) is 0 Å². The molecule has 0 saturated carbocycles. The van der Waals surface area contributed by atoms with Crippen molar-refractivity contribution >= 4 is 11.9 Å². The number of rotatable bonds is 4. The van der Waals surface area contributed by atoms with E-state index in [1.54, 1.807) is 53.8 Å². The van der Waals surface area contributed by atoms with E-state index in [2.05, 4.69) is 4.98 Å². The molecule has 0 aliphatic heterocycles. The van der Waals surface area contributed by atoms with Gasteiger partial charge in [-0.05, 0) is 53.2 Å². The van der Waals surface area contributed by atoms with Crippen LogP contribution in [0, 0.1) is 0 Å². The molecule has 0 aliphatic carbocycles. The lowest BCUT2D eigenvalue weighted by molar-refractivity contribution is -0.148. The van der Waals surface area contributed by atoms with Crippen LogP contribution in [0.4, 0.5) is 0 Å². The number of carbonyl (C=O) groups excluding carboxylic acids is 2. The van der Waals surface area contributed by atoms with E-state index in [4.69, 9.17) is 9.47 Å². The Hall–Kier alpha value is -1.78. The Morgan fingerprint density at radius 3 is 2.30 bits per heavy atom. The summed E-state index contributed by atoms with van der Waals surface area (Å²) < 4.78 is 10.3. The molecule has 0 radical (unpaired) electrons. The average molecular weight is 281 g/mol. The second-order valence-electron chi connectivity index (χ2n) is 6.15. The molecule has 0 atom stereocenters. The van der Waals surface area contributed by atoms with Crippen LogP contribution in [0.15, 0.2) is 12.3 Å². The van der Waals surface area contributed by atoms with E-state index < -0.39 is 17.0 Å². The molecule has 5 heteroatoms. The minimum atomic E-state index is -0.813. The first-order valence-electron chi connectivity index (χ1n) is 6.67. The van der Waals surface area contributed by atoms with Crippen molar-refractivity contribution < 1.29 is 19.1 Å². The van der Waals surface area contributed by atoms with Gasteiger partial charge >= 0.3 is 11.9 Å². The molecule has 0 amide bonds. The number of carbonyl (C=O) groups is 2. The Labute approximate surface area is 119 Å². The number of hydrogen-bond acceptors (Lipinski definition) is 4. The lowest BCUT2D eigenvalue weighted by Gasteiger charge is -2.21. The fourth-order valence-electron chi connectivity index (χ4n) is 1.64. The van der Waals surface area contributed by atoms with E-state index in [0.717, 1.165) is 0 Å². The zero-order chi connectivity index (χ0) is 15.6. The van der Waals surface area contributed by atoms with Crippen molar-refractivity contribution in [3.05, 3.63) is 23.5 Å². The standard InChI is InChI=1S/C15H23NO4/c1-7-19-13(18)15(5,6)10-8-11(16-9-10)12(17)20-14(2,3)4/h8-9,16H,7H2,1-6H3. The quantitative estimate of drug-likeness (QED) is 0.862. The Morgan fingerprint density at radius 2 is 1.80 bits per heavy atom. The molecule has 20 heavy (non-hydrogen) atoms. The molecule has 112 valence electrons. The van der Waals surface area contributed by atoms with Gasteiger partial charge in [0, 0.05) is 6.20 Å². The van der Waals surface area contributed by atoms with E-state index in [1.165, 1.54) is 0 Å². The summed E-state index contributed by atoms with van der Waals surface area (Å²) in [6, 6.07) is 1.63. The second-order valence-corrected chi connectivity index (χ2v) is 6.15. The molecular formula is C15H23NO4. The molecule has 0 aromatic carbocycles. The first-order valence-corrected chi connectivity index (χ1v) is 6.67. The van der Waals surface area contributed by atoms with Crippen LogP contribution in [0.3, 0.4) is 0 Å². The number of aromatic nitrogens is 1. The van der Waals surface area contributed by atoms with Gasteiger partial charge in [-0.1, -0.05) is 0 Å². The van der Waals surface area contributed by atoms with Crippen LogP contribution in [0.5, 0.6) is 0 Å². The van der Waals surface area contributed by atoms with E-state index in [-0.39, 0.29) is 5.97 Å². The molecule has 1 rings (SSSR count). The SMILES string of the molecule is CCOC(=O)C(C)(C)c1c[nH]c(C(=O)OC(C)(C)C)c1. The molecule has 1 aromatic heterocycles. The summed E-state index contributed by atoms with van der Waals surface area (Å²) in [5, 5.41) is 0. The lowest BCUT2D eigenvalue weighted by atomic mass is 9.86. The number of ether oxygens (including phenoxy) is 2. The highest BCUT2D eigenvalue weighted by Gasteiger charge is 2.33. The van der Waals surface area contributed by atoms with Gasteiger partial charge in [0.25, 0.3) is 0 Å². The van der Waals surface area contributed by atoms with Gasteiger partial charge in [0.2, 0.25) is 0 Å². The maximum Gasteiger partial charge on any atom is 0.355 e. The maximum atomic E-state index is 11.9. The summed E-state index contributed by atoms with van der Waals surface area (Å²) in [4.78, 5) is 26.7. The minimum absolute atomic E-state index is 0.324. The van der Waals surface area contributed by atoms with Crippen LogP contribution in [-0.4, -0.2) is 29.1 Å². The van der Waals surface area contributed by atoms with Gasteiger partial charge in [-0.25, -0.2) is 4.79 Å². The zero-order valence-electron chi connectivity index (χ0n) is 13.0. The third-order valence-electron chi connectivity index (χ3n) is 2.81. The third kappa shape index (κ3) is 3.85. The van der Waals surface area contributed by atoms with Crippen molar-refractivity contribution in [2.45, 2.75) is 52.6 Å². The first-order chi connectivity index (χ1) is 9.08. The Kier molecular flexibility index (Phi) is 4.63. The maximum absolute atomic E-state index is 11.9. The minimum Gasteiger partial charge on any atom is -0.465 e. The molecule has 1 heterocycles. The van der Waals surface area contributed by atoms with Crippen molar-refractivity contribution in [1.29, 1.82) is 0 Å². The summed E-state index contributed by atoms with van der Waals surface area (Å²) in [5.41, 5.74) is -0.352. The van der Waals surface area contributed by atoms with Crippen molar-refractivity contribution in [2.75, 3.05) is 6.61 Å². The van der Waals surface area contributed by atoms with E-state index in [0.29, 0.717) is 17.9 Å². The fourth-order valence-corrected chi connectivity index (χ4v) is 1.64. The summed E-state index contributed by atoms with van der Waals surface area (Å²) >= 11 is 0. The molecule has 0 saturated heterocycles. The van der Waals surface area contributed by atoms with Crippen molar-refractivity contribution in [3.8, 4) is 0 Å². The summed E-state index contributed by atoms with van der Waals surface area (Å²) in [5.74, 6) is -0.766. The molecule has 0 spiro atoms. The van der Waals surface area contributed by atoms with Crippen LogP contribution < -0.4 is 0 Å². The molecule has 0 aliphatic rings. The zero-order valence-corrected chi connectivity index (χ0v) is 13.0. The molecule has 1 N–H and O–H groups in total. The highest BCUT2D eigenvalue weighted by Crippen LogP contribution is 2.26. The van der Waals surface area contributed by atoms with Gasteiger partial charge < -0.3 is 14.5 Å². The van der Waals surface area contributed by atoms with Gasteiger partial charge in [-0.2, -0.15) is 0 Å². The molecule has 1 aromatic rings. The predicted molar refractivity (Wildman–Crippen MR) is 75.6 cm³/mol. The van der Waals surface area contributed by atoms with Gasteiger partial charge in [-0.3, -0.25) is 4.79 Å². The topological polar surface area (TPSA) is 68.4 Å². The summed E-state index contributed by atoms with van der Waals surface area (Å²) in [6.45, 7) is 11.0. The van der Waals surface area contributed by atoms with Crippen LogP contribution >= 0.6 is 0 Å². The monoisotopic (exact) mass is 281 g/mol. The van der Waals surface area contributed by atoms with Crippen LogP contribution in [-0.2, 0) is 19.7 Å². The smallest absolute Gasteiger partial charge is 0.355 e. The highest BCUT2D eigenvalue weighted by molar-refractivity contribution is 5.89. The Morgan fingerprint density at radius 1 is 1.20 bits per heavy atom. The number of aromatic amines is 1. The van der Waals surface area contributed by atoms with Crippen LogP contribution in [0.1, 0.15) is 57.6 Å². The lowest BCUT2D eigenvalue weighted by Crippen LogP contribution is -2.30. The van der Waals surface area contributed by atoms with E-state index in [9.17, 15) is 9.59 Å². The van der Waals surface area contributed by atoms with Gasteiger partial charge in [0.15, 0.2) is 0 Å². The average Bonchev–Trinajstić information content (AvgIpc) is 2.76. The first kappa shape index (κ1) is 16.3. The fraction of sp³-hybridized carbons (Fsp3) is 0.600. The van der Waals surface area contributed by atoms with Crippen molar-refractivity contribution in [2.24, 2.45) is 0 Å². The van der Waals surface area contributed by atoms with Crippen LogP contribution in [0.2, 0.25) is 0 Å². The Bertz CT molecular complexity index is 494. The van der Waals surface area contributed by atoms with Crippen molar-refractivity contribution in [3.63, 3.8) is 0 Å². The van der Waals surface area contributed by atoms with Crippen molar-refractivity contribution in [1.82, 2.24) is 4.98 Å². The summed E-state index contributed by atoms with van der Waals surface area (Å²) in [6.07, 6.45) is 1.64. The largest absolute Gasteiger partial charge is 0.465 e. The molecule has 0 fully saturated rings. The third-order valence-corrected chi connectivity index (χ3v) is 2.81. The predicted octanol–water partition coefficient (Wildman–Crippen LogP) is 2.81. The molecule has 5 nitrogen and oxygen atoms in total. The normalized spacial score (nSPS) is 12.1. The van der Waals surface area contributed by atoms with Crippen LogP contribution in [0.25, 0.3) is 0 Å². The molecule has 0 bridgehead atoms. The molecule has 0 unspecified atom stereocenters. The Balaban J connectivity index is 2.92. The highest BCUT2D eigenvalue weighted by atomic mass is 16.6. The van der Waals surface area contributed by atoms with Gasteiger partial charge in [-0.15, -0.1) is 0 Å². The second kappa shape index (κ2) is 5.69.